The van der Waals surface area contributed by atoms with Gasteiger partial charge in [-0.3, -0.25) is 0 Å². The van der Waals surface area contributed by atoms with Gasteiger partial charge in [0.2, 0.25) is 0 Å². The van der Waals surface area contributed by atoms with Gasteiger partial charge in [-0.2, -0.15) is 9.78 Å². The Morgan fingerprint density at radius 3 is 2.38 bits per heavy atom. The van der Waals surface area contributed by atoms with Gasteiger partial charge in [0.1, 0.15) is 5.60 Å². The highest BCUT2D eigenvalue weighted by Crippen LogP contribution is 2.50. The summed E-state index contributed by atoms with van der Waals surface area (Å²) >= 11 is 0. The highest BCUT2D eigenvalue weighted by Gasteiger charge is 2.38. The van der Waals surface area contributed by atoms with Crippen LogP contribution in [-0.2, 0) is 17.6 Å². The molecule has 0 radical (unpaired) electrons. The number of rotatable bonds is 6. The first-order chi connectivity index (χ1) is 20.3. The van der Waals surface area contributed by atoms with Crippen molar-refractivity contribution in [3.8, 4) is 11.1 Å². The highest BCUT2D eigenvalue weighted by molar-refractivity contribution is 5.82. The molecule has 0 bridgehead atoms. The number of hydrogen-bond acceptors (Lipinski definition) is 4. The SMILES string of the molecule is CC(C)(C)OC(=O)n1cc2c(n1)CCC(C1=C(CNC3CC3)C(c3ccc(-c4ccccc4)cc3)c3ccccc31)C2. The number of aromatic nitrogens is 2. The maximum atomic E-state index is 12.8. The van der Waals surface area contributed by atoms with Gasteiger partial charge in [0.25, 0.3) is 0 Å². The van der Waals surface area contributed by atoms with Crippen molar-refractivity contribution in [1.29, 1.82) is 0 Å². The minimum Gasteiger partial charge on any atom is -0.442 e. The normalized spacial score (nSPS) is 19.9. The van der Waals surface area contributed by atoms with Crippen molar-refractivity contribution in [3.05, 3.63) is 119 Å². The minimum atomic E-state index is -0.553. The van der Waals surface area contributed by atoms with Crippen LogP contribution in [0.4, 0.5) is 4.79 Å². The number of nitrogens with one attached hydrogen (secondary N) is 1. The summed E-state index contributed by atoms with van der Waals surface area (Å²) in [6, 6.07) is 29.4. The van der Waals surface area contributed by atoms with Crippen LogP contribution in [0.5, 0.6) is 0 Å². The van der Waals surface area contributed by atoms with Crippen molar-refractivity contribution in [3.63, 3.8) is 0 Å². The van der Waals surface area contributed by atoms with Crippen LogP contribution in [0.1, 0.15) is 73.9 Å². The van der Waals surface area contributed by atoms with E-state index in [0.29, 0.717) is 12.0 Å². The van der Waals surface area contributed by atoms with E-state index in [1.165, 1.54) is 56.5 Å². The van der Waals surface area contributed by atoms with E-state index in [1.807, 2.05) is 27.0 Å². The summed E-state index contributed by atoms with van der Waals surface area (Å²) in [4.78, 5) is 12.8. The molecular weight excluding hydrogens is 518 g/mol. The van der Waals surface area contributed by atoms with Crippen LogP contribution in [0.15, 0.2) is 90.6 Å². The van der Waals surface area contributed by atoms with E-state index in [9.17, 15) is 4.79 Å². The Labute approximate surface area is 248 Å². The molecule has 7 rings (SSSR count). The minimum absolute atomic E-state index is 0.234. The Kier molecular flexibility index (Phi) is 6.86. The third-order valence-electron chi connectivity index (χ3n) is 8.83. The molecule has 214 valence electrons. The number of ether oxygens (including phenoxy) is 1. The topological polar surface area (TPSA) is 56.2 Å². The van der Waals surface area contributed by atoms with E-state index in [2.05, 4.69) is 89.3 Å². The van der Waals surface area contributed by atoms with Gasteiger partial charge in [-0.1, -0.05) is 78.9 Å². The molecule has 1 fully saturated rings. The van der Waals surface area contributed by atoms with Crippen molar-refractivity contribution in [2.75, 3.05) is 6.54 Å². The van der Waals surface area contributed by atoms with Crippen LogP contribution >= 0.6 is 0 Å². The largest absolute Gasteiger partial charge is 0.442 e. The zero-order chi connectivity index (χ0) is 28.8. The molecule has 3 aromatic carbocycles. The molecule has 42 heavy (non-hydrogen) atoms. The predicted molar refractivity (Wildman–Crippen MR) is 167 cm³/mol. The van der Waals surface area contributed by atoms with E-state index in [4.69, 9.17) is 4.74 Å². The van der Waals surface area contributed by atoms with Crippen LogP contribution < -0.4 is 5.32 Å². The summed E-state index contributed by atoms with van der Waals surface area (Å²) in [5.74, 6) is 0.609. The molecule has 1 saturated carbocycles. The molecule has 3 aliphatic rings. The molecule has 0 saturated heterocycles. The average Bonchev–Trinajstić information content (AvgIpc) is 3.62. The smallest absolute Gasteiger partial charge is 0.435 e. The second-order valence-electron chi connectivity index (χ2n) is 13.1. The van der Waals surface area contributed by atoms with Crippen molar-refractivity contribution in [2.24, 2.45) is 5.92 Å². The lowest BCUT2D eigenvalue weighted by Crippen LogP contribution is -2.27. The fourth-order valence-corrected chi connectivity index (χ4v) is 6.76. The summed E-state index contributed by atoms with van der Waals surface area (Å²) < 4.78 is 7.00. The first kappa shape index (κ1) is 26.9. The summed E-state index contributed by atoms with van der Waals surface area (Å²) in [5.41, 5.74) is 11.2. The Morgan fingerprint density at radius 2 is 1.64 bits per heavy atom. The molecule has 0 spiro atoms. The number of carbonyl (C=O) groups is 1. The van der Waals surface area contributed by atoms with Gasteiger partial charge >= 0.3 is 6.09 Å². The molecule has 5 nitrogen and oxygen atoms in total. The number of benzene rings is 3. The van der Waals surface area contributed by atoms with Crippen molar-refractivity contribution in [1.82, 2.24) is 15.1 Å². The lowest BCUT2D eigenvalue weighted by Gasteiger charge is -2.26. The molecule has 4 aromatic rings. The zero-order valence-electron chi connectivity index (χ0n) is 24.8. The van der Waals surface area contributed by atoms with Gasteiger partial charge in [-0.15, -0.1) is 0 Å². The number of allylic oxidation sites excluding steroid dienone is 1. The standard InChI is InChI=1S/C37H39N3O2/c1-37(2,3)42-36(41)40-23-28-21-27(17-20-33(28)39-40)35-31-12-8-7-11-30(31)34(32(35)22-38-29-18-19-29)26-15-13-25(14-16-26)24-9-5-4-6-10-24/h4-16,23,27,29,34,38H,17-22H2,1-3H3. The zero-order valence-corrected chi connectivity index (χ0v) is 24.8. The Balaban J connectivity index is 1.24. The van der Waals surface area contributed by atoms with Crippen molar-refractivity contribution in [2.45, 2.75) is 70.4 Å². The molecular formula is C37H39N3O2. The van der Waals surface area contributed by atoms with Crippen LogP contribution in [0.25, 0.3) is 16.7 Å². The van der Waals surface area contributed by atoms with Crippen molar-refractivity contribution < 1.29 is 9.53 Å². The molecule has 3 aliphatic carbocycles. The van der Waals surface area contributed by atoms with Crippen LogP contribution in [0.2, 0.25) is 0 Å². The third-order valence-corrected chi connectivity index (χ3v) is 8.83. The van der Waals surface area contributed by atoms with Gasteiger partial charge in [0.15, 0.2) is 0 Å². The second-order valence-corrected chi connectivity index (χ2v) is 13.1. The van der Waals surface area contributed by atoms with E-state index >= 15 is 0 Å². The first-order valence-corrected chi connectivity index (χ1v) is 15.4. The summed E-state index contributed by atoms with van der Waals surface area (Å²) in [7, 11) is 0. The van der Waals surface area contributed by atoms with Gasteiger partial charge in [-0.05, 0) is 103 Å². The highest BCUT2D eigenvalue weighted by atomic mass is 16.6. The molecule has 1 heterocycles. The lowest BCUT2D eigenvalue weighted by molar-refractivity contribution is 0.0513. The van der Waals surface area contributed by atoms with Crippen LogP contribution in [-0.4, -0.2) is 34.1 Å². The fourth-order valence-electron chi connectivity index (χ4n) is 6.76. The predicted octanol–water partition coefficient (Wildman–Crippen LogP) is 7.79. The van der Waals surface area contributed by atoms with Crippen LogP contribution in [0.3, 0.4) is 0 Å². The monoisotopic (exact) mass is 557 g/mol. The fraction of sp³-hybridized carbons (Fsp3) is 0.351. The number of carbonyl (C=O) groups excluding carboxylic acids is 1. The molecule has 1 aromatic heterocycles. The summed E-state index contributed by atoms with van der Waals surface area (Å²) in [6.07, 6.45) is 6.79. The third kappa shape index (κ3) is 5.34. The number of nitrogens with zero attached hydrogens (tertiary/aromatic N) is 2. The van der Waals surface area contributed by atoms with E-state index in [0.717, 1.165) is 37.1 Å². The number of hydrogen-bond donors (Lipinski definition) is 1. The maximum absolute atomic E-state index is 12.8. The van der Waals surface area contributed by atoms with Crippen LogP contribution in [0, 0.1) is 5.92 Å². The lowest BCUT2D eigenvalue weighted by atomic mass is 9.79. The van der Waals surface area contributed by atoms with Gasteiger partial charge < -0.3 is 10.1 Å². The van der Waals surface area contributed by atoms with Gasteiger partial charge in [-0.25, -0.2) is 4.79 Å². The van der Waals surface area contributed by atoms with Crippen molar-refractivity contribution >= 4 is 11.7 Å². The van der Waals surface area contributed by atoms with Gasteiger partial charge in [0.05, 0.1) is 5.69 Å². The quantitative estimate of drug-likeness (QED) is 0.263. The molecule has 0 amide bonds. The Morgan fingerprint density at radius 1 is 0.929 bits per heavy atom. The summed E-state index contributed by atoms with van der Waals surface area (Å²) in [5, 5.41) is 8.50. The Hall–Kier alpha value is -3.96. The Bertz CT molecular complexity index is 1640. The van der Waals surface area contributed by atoms with E-state index in [-0.39, 0.29) is 5.92 Å². The second kappa shape index (κ2) is 10.7. The molecule has 2 atom stereocenters. The average molecular weight is 558 g/mol. The molecule has 2 unspecified atom stereocenters. The molecule has 0 aliphatic heterocycles. The number of aryl methyl sites for hydroxylation is 1. The number of fused-ring (bicyclic) bond motifs is 2. The molecule has 1 N–H and O–H groups in total. The summed E-state index contributed by atoms with van der Waals surface area (Å²) in [6.45, 7) is 6.56. The van der Waals surface area contributed by atoms with E-state index in [1.54, 1.807) is 0 Å². The van der Waals surface area contributed by atoms with E-state index < -0.39 is 11.7 Å². The van der Waals surface area contributed by atoms with Gasteiger partial charge in [0, 0.05) is 24.7 Å². The molecule has 5 heteroatoms. The maximum Gasteiger partial charge on any atom is 0.435 e. The first-order valence-electron chi connectivity index (χ1n) is 15.4.